The summed E-state index contributed by atoms with van der Waals surface area (Å²) < 4.78 is 9.35. The van der Waals surface area contributed by atoms with Gasteiger partial charge in [0.25, 0.3) is 5.56 Å². The van der Waals surface area contributed by atoms with Gasteiger partial charge >= 0.3 is 5.97 Å². The maximum atomic E-state index is 12.4. The lowest BCUT2D eigenvalue weighted by Crippen LogP contribution is -2.39. The topological polar surface area (TPSA) is 81.7 Å². The van der Waals surface area contributed by atoms with E-state index in [0.29, 0.717) is 30.2 Å². The highest BCUT2D eigenvalue weighted by Crippen LogP contribution is 2.22. The van der Waals surface area contributed by atoms with Crippen molar-refractivity contribution in [2.45, 2.75) is 26.3 Å². The Hall–Kier alpha value is -2.26. The molecule has 1 atom stereocenters. The minimum Gasteiger partial charge on any atom is -0.466 e. The number of esters is 1. The Bertz CT molecular complexity index is 1020. The van der Waals surface area contributed by atoms with E-state index in [-0.39, 0.29) is 17.4 Å². The first-order valence-electron chi connectivity index (χ1n) is 8.79. The highest BCUT2D eigenvalue weighted by atomic mass is 32.1. The van der Waals surface area contributed by atoms with Gasteiger partial charge in [0.05, 0.1) is 24.6 Å². The van der Waals surface area contributed by atoms with E-state index in [2.05, 4.69) is 15.1 Å². The fourth-order valence-electron chi connectivity index (χ4n) is 3.61. The number of rotatable bonds is 4. The molecule has 1 aliphatic heterocycles. The van der Waals surface area contributed by atoms with Gasteiger partial charge in [0.15, 0.2) is 5.82 Å². The van der Waals surface area contributed by atoms with Gasteiger partial charge in [-0.15, -0.1) is 21.5 Å². The fraction of sp³-hybridized carbons (Fsp3) is 0.529. The van der Waals surface area contributed by atoms with Gasteiger partial charge in [0.1, 0.15) is 4.70 Å². The van der Waals surface area contributed by atoms with Crippen LogP contribution in [0.3, 0.4) is 0 Å². The number of ether oxygens (including phenoxy) is 1. The molecule has 0 aliphatic carbocycles. The van der Waals surface area contributed by atoms with Crippen molar-refractivity contribution in [1.82, 2.24) is 24.1 Å². The van der Waals surface area contributed by atoms with Crippen molar-refractivity contribution in [1.29, 1.82) is 0 Å². The van der Waals surface area contributed by atoms with Crippen molar-refractivity contribution in [2.24, 2.45) is 13.0 Å². The lowest BCUT2D eigenvalue weighted by Gasteiger charge is -2.30. The molecule has 4 rings (SSSR count). The minimum atomic E-state index is -0.120. The zero-order chi connectivity index (χ0) is 18.3. The van der Waals surface area contributed by atoms with Gasteiger partial charge in [-0.25, -0.2) is 0 Å². The van der Waals surface area contributed by atoms with Gasteiger partial charge in [-0.1, -0.05) is 0 Å². The van der Waals surface area contributed by atoms with Crippen LogP contribution in [0, 0.1) is 5.92 Å². The molecule has 0 saturated carbocycles. The summed E-state index contributed by atoms with van der Waals surface area (Å²) in [6.45, 7) is 4.39. The molecular formula is C17H21N5O3S. The number of thiophene rings is 1. The highest BCUT2D eigenvalue weighted by molar-refractivity contribution is 7.17. The van der Waals surface area contributed by atoms with Crippen LogP contribution >= 0.6 is 11.3 Å². The maximum absolute atomic E-state index is 12.4. The highest BCUT2D eigenvalue weighted by Gasteiger charge is 2.28. The summed E-state index contributed by atoms with van der Waals surface area (Å²) in [6.07, 6.45) is 1.81. The SMILES string of the molecule is CCOC(=O)C1CCCN(Cc2nnc3n(C)c(=O)c4sccc4n23)C1. The lowest BCUT2D eigenvalue weighted by molar-refractivity contribution is -0.150. The third kappa shape index (κ3) is 2.80. The van der Waals surface area contributed by atoms with E-state index in [1.807, 2.05) is 22.8 Å². The smallest absolute Gasteiger partial charge is 0.310 e. The second kappa shape index (κ2) is 6.81. The normalized spacial score (nSPS) is 18.6. The van der Waals surface area contributed by atoms with Gasteiger partial charge in [0, 0.05) is 13.6 Å². The lowest BCUT2D eigenvalue weighted by atomic mass is 9.98. The Labute approximate surface area is 154 Å². The molecule has 8 nitrogen and oxygen atoms in total. The van der Waals surface area contributed by atoms with E-state index < -0.39 is 0 Å². The van der Waals surface area contributed by atoms with E-state index in [0.717, 1.165) is 30.7 Å². The number of aromatic nitrogens is 4. The van der Waals surface area contributed by atoms with Crippen LogP contribution in [0.5, 0.6) is 0 Å². The first-order chi connectivity index (χ1) is 12.6. The van der Waals surface area contributed by atoms with Crippen LogP contribution in [-0.4, -0.2) is 49.7 Å². The molecule has 1 fully saturated rings. The molecule has 0 spiro atoms. The summed E-state index contributed by atoms with van der Waals surface area (Å²) in [5.74, 6) is 1.11. The predicted molar refractivity (Wildman–Crippen MR) is 98.2 cm³/mol. The third-order valence-corrected chi connectivity index (χ3v) is 5.78. The van der Waals surface area contributed by atoms with E-state index in [1.165, 1.54) is 15.9 Å². The molecule has 4 heterocycles. The van der Waals surface area contributed by atoms with Crippen LogP contribution in [0.4, 0.5) is 0 Å². The van der Waals surface area contributed by atoms with E-state index in [4.69, 9.17) is 4.74 Å². The maximum Gasteiger partial charge on any atom is 0.310 e. The van der Waals surface area contributed by atoms with Crippen LogP contribution in [0.1, 0.15) is 25.6 Å². The Balaban J connectivity index is 1.66. The minimum absolute atomic E-state index is 0.0539. The summed E-state index contributed by atoms with van der Waals surface area (Å²) in [4.78, 5) is 26.7. The monoisotopic (exact) mass is 375 g/mol. The van der Waals surface area contributed by atoms with Crippen LogP contribution in [0.2, 0.25) is 0 Å². The molecule has 3 aromatic rings. The van der Waals surface area contributed by atoms with Crippen molar-refractivity contribution in [2.75, 3.05) is 19.7 Å². The van der Waals surface area contributed by atoms with Crippen LogP contribution in [0.25, 0.3) is 16.0 Å². The number of aryl methyl sites for hydroxylation is 1. The fourth-order valence-corrected chi connectivity index (χ4v) is 4.46. The molecule has 0 radical (unpaired) electrons. The molecule has 0 amide bonds. The van der Waals surface area contributed by atoms with Gasteiger partial charge in [-0.05, 0) is 37.8 Å². The van der Waals surface area contributed by atoms with E-state index >= 15 is 0 Å². The first kappa shape index (κ1) is 17.2. The molecule has 138 valence electrons. The average Bonchev–Trinajstić information content (AvgIpc) is 3.27. The quantitative estimate of drug-likeness (QED) is 0.642. The van der Waals surface area contributed by atoms with Gasteiger partial charge in [-0.3, -0.25) is 23.5 Å². The van der Waals surface area contributed by atoms with Crippen molar-refractivity contribution >= 4 is 33.3 Å². The number of carbonyl (C=O) groups is 1. The number of fused-ring (bicyclic) bond motifs is 3. The molecule has 1 unspecified atom stereocenters. The number of hydrogen-bond acceptors (Lipinski definition) is 7. The summed E-state index contributed by atoms with van der Waals surface area (Å²) in [5, 5.41) is 10.5. The molecule has 26 heavy (non-hydrogen) atoms. The van der Waals surface area contributed by atoms with Crippen molar-refractivity contribution in [3.63, 3.8) is 0 Å². The van der Waals surface area contributed by atoms with Gasteiger partial charge in [-0.2, -0.15) is 0 Å². The number of carbonyl (C=O) groups excluding carboxylic acids is 1. The Morgan fingerprint density at radius 3 is 3.08 bits per heavy atom. The molecule has 0 aromatic carbocycles. The Morgan fingerprint density at radius 2 is 2.27 bits per heavy atom. The second-order valence-corrected chi connectivity index (χ2v) is 7.49. The number of likely N-dealkylation sites (tertiary alicyclic amines) is 1. The van der Waals surface area contributed by atoms with Crippen LogP contribution in [-0.2, 0) is 23.1 Å². The molecule has 0 bridgehead atoms. The number of hydrogen-bond donors (Lipinski definition) is 0. The zero-order valence-electron chi connectivity index (χ0n) is 14.8. The van der Waals surface area contributed by atoms with Crippen LogP contribution in [0.15, 0.2) is 16.2 Å². The average molecular weight is 375 g/mol. The molecule has 1 aliphatic rings. The summed E-state index contributed by atoms with van der Waals surface area (Å²) >= 11 is 1.43. The van der Waals surface area contributed by atoms with Gasteiger partial charge < -0.3 is 4.74 Å². The van der Waals surface area contributed by atoms with Crippen molar-refractivity contribution in [3.8, 4) is 0 Å². The zero-order valence-corrected chi connectivity index (χ0v) is 15.7. The summed E-state index contributed by atoms with van der Waals surface area (Å²) in [7, 11) is 1.72. The van der Waals surface area contributed by atoms with Crippen molar-refractivity contribution < 1.29 is 9.53 Å². The summed E-state index contributed by atoms with van der Waals surface area (Å²) in [6, 6.07) is 1.93. The molecule has 0 N–H and O–H groups in total. The van der Waals surface area contributed by atoms with Gasteiger partial charge in [0.2, 0.25) is 5.78 Å². The summed E-state index contributed by atoms with van der Waals surface area (Å²) in [5.41, 5.74) is 0.786. The van der Waals surface area contributed by atoms with E-state index in [9.17, 15) is 9.59 Å². The standard InChI is InChI=1S/C17H21N5O3S/c1-3-25-16(24)11-5-4-7-21(9-11)10-13-18-19-17-20(2)15(23)14-12(22(13)17)6-8-26-14/h6,8,11H,3-5,7,9-10H2,1-2H3. The number of nitrogens with zero attached hydrogens (tertiary/aromatic N) is 5. The molecule has 1 saturated heterocycles. The first-order valence-corrected chi connectivity index (χ1v) is 9.67. The van der Waals surface area contributed by atoms with Crippen LogP contribution < -0.4 is 5.56 Å². The third-order valence-electron chi connectivity index (χ3n) is 4.89. The molecular weight excluding hydrogens is 354 g/mol. The Morgan fingerprint density at radius 1 is 1.42 bits per heavy atom. The number of piperidine rings is 1. The largest absolute Gasteiger partial charge is 0.466 e. The molecule has 3 aromatic heterocycles. The Kier molecular flexibility index (Phi) is 4.49. The molecule has 9 heteroatoms. The second-order valence-electron chi connectivity index (χ2n) is 6.58. The predicted octanol–water partition coefficient (Wildman–Crippen LogP) is 1.42. The van der Waals surface area contributed by atoms with E-state index in [1.54, 1.807) is 7.05 Å². The van der Waals surface area contributed by atoms with Crippen molar-refractivity contribution in [3.05, 3.63) is 27.6 Å².